The van der Waals surface area contributed by atoms with Crippen LogP contribution in [-0.2, 0) is 0 Å². The zero-order chi connectivity index (χ0) is 11.1. The summed E-state index contributed by atoms with van der Waals surface area (Å²) in [5.41, 5.74) is 5.40. The third-order valence-corrected chi connectivity index (χ3v) is 4.50. The van der Waals surface area contributed by atoms with Crippen LogP contribution in [0.1, 0.15) is 32.1 Å². The van der Waals surface area contributed by atoms with Crippen LogP contribution in [0.15, 0.2) is 5.16 Å². The Morgan fingerprint density at radius 3 is 2.67 bits per heavy atom. The Bertz CT molecular complexity index is 215. The molecule has 0 heterocycles. The van der Waals surface area contributed by atoms with Crippen molar-refractivity contribution in [1.82, 2.24) is 5.32 Å². The van der Waals surface area contributed by atoms with Gasteiger partial charge in [0.2, 0.25) is 0 Å². The van der Waals surface area contributed by atoms with Crippen LogP contribution >= 0.6 is 11.8 Å². The molecule has 1 aliphatic carbocycles. The van der Waals surface area contributed by atoms with E-state index >= 15 is 0 Å². The molecular weight excluding hydrogens is 210 g/mol. The van der Waals surface area contributed by atoms with Crippen molar-refractivity contribution in [1.29, 1.82) is 0 Å². The van der Waals surface area contributed by atoms with E-state index in [0.29, 0.717) is 11.3 Å². The topological polar surface area (TPSA) is 70.6 Å². The molecule has 0 bridgehead atoms. The van der Waals surface area contributed by atoms with Gasteiger partial charge >= 0.3 is 0 Å². The van der Waals surface area contributed by atoms with Crippen molar-refractivity contribution in [2.45, 2.75) is 36.9 Å². The van der Waals surface area contributed by atoms with Gasteiger partial charge in [-0.15, -0.1) is 0 Å². The van der Waals surface area contributed by atoms with Gasteiger partial charge in [0.25, 0.3) is 0 Å². The smallest absolute Gasteiger partial charge is 0.153 e. The first-order chi connectivity index (χ1) is 7.22. The quantitative estimate of drug-likeness (QED) is 0.289. The monoisotopic (exact) mass is 231 g/mol. The van der Waals surface area contributed by atoms with Gasteiger partial charge in [0.05, 0.1) is 6.54 Å². The van der Waals surface area contributed by atoms with E-state index in [-0.39, 0.29) is 5.84 Å². The van der Waals surface area contributed by atoms with Gasteiger partial charge in [-0.1, -0.05) is 24.4 Å². The Labute approximate surface area is 95.7 Å². The Morgan fingerprint density at radius 2 is 2.13 bits per heavy atom. The van der Waals surface area contributed by atoms with Gasteiger partial charge in [-0.05, 0) is 19.1 Å². The van der Waals surface area contributed by atoms with E-state index in [0.717, 1.165) is 6.54 Å². The van der Waals surface area contributed by atoms with Crippen LogP contribution in [-0.4, -0.2) is 35.1 Å². The van der Waals surface area contributed by atoms with Gasteiger partial charge < -0.3 is 16.3 Å². The van der Waals surface area contributed by atoms with E-state index < -0.39 is 0 Å². The number of nitrogens with two attached hydrogens (primary N) is 1. The lowest BCUT2D eigenvalue weighted by atomic mass is 9.88. The van der Waals surface area contributed by atoms with Gasteiger partial charge in [0.15, 0.2) is 5.84 Å². The first-order valence-corrected chi connectivity index (χ1v) is 6.67. The molecule has 0 aromatic heterocycles. The van der Waals surface area contributed by atoms with Gasteiger partial charge in [0.1, 0.15) is 0 Å². The molecule has 88 valence electrons. The average Bonchev–Trinajstić information content (AvgIpc) is 2.30. The Morgan fingerprint density at radius 1 is 1.47 bits per heavy atom. The predicted molar refractivity (Wildman–Crippen MR) is 65.6 cm³/mol. The summed E-state index contributed by atoms with van der Waals surface area (Å²) in [4.78, 5) is 0. The summed E-state index contributed by atoms with van der Waals surface area (Å²) >= 11 is 1.95. The lowest BCUT2D eigenvalue weighted by Gasteiger charge is -2.36. The molecule has 0 spiro atoms. The fourth-order valence-corrected chi connectivity index (χ4v) is 3.05. The lowest BCUT2D eigenvalue weighted by molar-refractivity contribution is 0.316. The SMILES string of the molecule is CSC1(CNCC(N)=NO)CCCCC1. The minimum Gasteiger partial charge on any atom is -0.409 e. The van der Waals surface area contributed by atoms with Crippen LogP contribution in [0.4, 0.5) is 0 Å². The Balaban J connectivity index is 2.32. The number of oxime groups is 1. The summed E-state index contributed by atoms with van der Waals surface area (Å²) in [5.74, 6) is 0.252. The highest BCUT2D eigenvalue weighted by Gasteiger charge is 2.30. The van der Waals surface area contributed by atoms with E-state index in [9.17, 15) is 0 Å². The second-order valence-electron chi connectivity index (χ2n) is 4.14. The van der Waals surface area contributed by atoms with Crippen LogP contribution in [0.25, 0.3) is 0 Å². The standard InChI is InChI=1S/C10H21N3OS/c1-15-10(5-3-2-4-6-10)8-12-7-9(11)13-14/h12,14H,2-8H2,1H3,(H2,11,13). The van der Waals surface area contributed by atoms with E-state index in [1.807, 2.05) is 11.8 Å². The fraction of sp³-hybridized carbons (Fsp3) is 0.900. The normalized spacial score (nSPS) is 21.5. The third kappa shape index (κ3) is 3.91. The lowest BCUT2D eigenvalue weighted by Crippen LogP contribution is -2.42. The molecule has 0 aromatic carbocycles. The van der Waals surface area contributed by atoms with Crippen LogP contribution in [0.2, 0.25) is 0 Å². The Kier molecular flexibility index (Phi) is 5.25. The summed E-state index contributed by atoms with van der Waals surface area (Å²) in [5, 5.41) is 14.6. The number of hydrogen-bond donors (Lipinski definition) is 3. The fourth-order valence-electron chi connectivity index (χ4n) is 2.10. The largest absolute Gasteiger partial charge is 0.409 e. The van der Waals surface area contributed by atoms with E-state index in [4.69, 9.17) is 10.9 Å². The van der Waals surface area contributed by atoms with Crippen molar-refractivity contribution in [2.75, 3.05) is 19.3 Å². The predicted octanol–water partition coefficient (Wildman–Crippen LogP) is 1.39. The van der Waals surface area contributed by atoms with E-state index in [1.54, 1.807) is 0 Å². The van der Waals surface area contributed by atoms with Crippen molar-refractivity contribution < 1.29 is 5.21 Å². The maximum Gasteiger partial charge on any atom is 0.153 e. The molecule has 0 unspecified atom stereocenters. The third-order valence-electron chi connectivity index (χ3n) is 3.08. The van der Waals surface area contributed by atoms with Gasteiger partial charge in [-0.3, -0.25) is 0 Å². The zero-order valence-electron chi connectivity index (χ0n) is 9.33. The summed E-state index contributed by atoms with van der Waals surface area (Å²) < 4.78 is 0.369. The first-order valence-electron chi connectivity index (χ1n) is 5.45. The van der Waals surface area contributed by atoms with Gasteiger partial charge in [-0.2, -0.15) is 11.8 Å². The summed E-state index contributed by atoms with van der Waals surface area (Å²) in [6.45, 7) is 1.42. The first kappa shape index (κ1) is 12.6. The number of hydrogen-bond acceptors (Lipinski definition) is 4. The van der Waals surface area contributed by atoms with Crippen LogP contribution in [0, 0.1) is 0 Å². The number of rotatable bonds is 5. The molecule has 0 radical (unpaired) electrons. The molecule has 1 rings (SSSR count). The molecule has 1 fully saturated rings. The number of nitrogens with one attached hydrogen (secondary N) is 1. The van der Waals surface area contributed by atoms with Crippen LogP contribution in [0.3, 0.4) is 0 Å². The summed E-state index contributed by atoms with van der Waals surface area (Å²) in [6, 6.07) is 0. The van der Waals surface area contributed by atoms with Crippen molar-refractivity contribution >= 4 is 17.6 Å². The van der Waals surface area contributed by atoms with Gasteiger partial charge in [0, 0.05) is 11.3 Å². The molecule has 15 heavy (non-hydrogen) atoms. The molecule has 0 amide bonds. The molecule has 5 heteroatoms. The summed E-state index contributed by atoms with van der Waals surface area (Å²) in [6.07, 6.45) is 8.74. The molecule has 4 nitrogen and oxygen atoms in total. The second-order valence-corrected chi connectivity index (χ2v) is 5.42. The highest BCUT2D eigenvalue weighted by atomic mass is 32.2. The van der Waals surface area contributed by atoms with Crippen molar-refractivity contribution in [2.24, 2.45) is 10.9 Å². The Hall–Kier alpha value is -0.420. The molecule has 0 saturated heterocycles. The maximum atomic E-state index is 8.41. The number of thioether (sulfide) groups is 1. The van der Waals surface area contributed by atoms with E-state index in [1.165, 1.54) is 32.1 Å². The molecule has 0 aliphatic heterocycles. The maximum absolute atomic E-state index is 8.41. The van der Waals surface area contributed by atoms with E-state index in [2.05, 4.69) is 16.7 Å². The van der Waals surface area contributed by atoms with Crippen molar-refractivity contribution in [3.63, 3.8) is 0 Å². The van der Waals surface area contributed by atoms with Crippen molar-refractivity contribution in [3.05, 3.63) is 0 Å². The number of amidine groups is 1. The second kappa shape index (κ2) is 6.23. The molecule has 0 aromatic rings. The zero-order valence-corrected chi connectivity index (χ0v) is 10.1. The number of nitrogens with zero attached hydrogens (tertiary/aromatic N) is 1. The molecule has 1 aliphatic rings. The minimum absolute atomic E-state index is 0.252. The summed E-state index contributed by atoms with van der Waals surface area (Å²) in [7, 11) is 0. The average molecular weight is 231 g/mol. The van der Waals surface area contributed by atoms with Gasteiger partial charge in [-0.25, -0.2) is 0 Å². The molecule has 4 N–H and O–H groups in total. The van der Waals surface area contributed by atoms with Crippen LogP contribution in [0.5, 0.6) is 0 Å². The van der Waals surface area contributed by atoms with Crippen molar-refractivity contribution in [3.8, 4) is 0 Å². The molecular formula is C10H21N3OS. The van der Waals surface area contributed by atoms with Crippen LogP contribution < -0.4 is 11.1 Å². The molecule has 1 saturated carbocycles. The minimum atomic E-state index is 0.252. The molecule has 0 atom stereocenters. The highest BCUT2D eigenvalue weighted by molar-refractivity contribution is 8.00. The highest BCUT2D eigenvalue weighted by Crippen LogP contribution is 2.37.